The van der Waals surface area contributed by atoms with E-state index in [2.05, 4.69) is 41.8 Å². The number of nitrogens with zero attached hydrogens (tertiary/aromatic N) is 1. The van der Waals surface area contributed by atoms with Crippen LogP contribution in [0.2, 0.25) is 0 Å². The molecule has 0 aliphatic rings. The molecule has 0 radical (unpaired) electrons. The van der Waals surface area contributed by atoms with Crippen molar-refractivity contribution in [1.82, 2.24) is 0 Å². The maximum Gasteiger partial charge on any atom is 0.293 e. The highest BCUT2D eigenvalue weighted by Crippen LogP contribution is 2.26. The number of benzene rings is 1. The third kappa shape index (κ3) is 3.96. The van der Waals surface area contributed by atoms with Crippen LogP contribution in [0.25, 0.3) is 0 Å². The molecule has 5 heteroatoms. The molecule has 0 unspecified atom stereocenters. The van der Waals surface area contributed by atoms with Gasteiger partial charge in [-0.15, -0.1) is 0 Å². The van der Waals surface area contributed by atoms with E-state index in [0.717, 1.165) is 16.5 Å². The Balaban J connectivity index is 2.75. The van der Waals surface area contributed by atoms with Gasteiger partial charge in [0.05, 0.1) is 4.92 Å². The lowest BCUT2D eigenvalue weighted by Crippen LogP contribution is -2.06. The molecule has 0 fully saturated rings. The summed E-state index contributed by atoms with van der Waals surface area (Å²) >= 11 is 2.07. The van der Waals surface area contributed by atoms with Crippen molar-refractivity contribution in [3.05, 3.63) is 31.9 Å². The normalized spacial score (nSPS) is 10.5. The van der Waals surface area contributed by atoms with Crippen LogP contribution in [0.3, 0.4) is 0 Å². The van der Waals surface area contributed by atoms with Gasteiger partial charge in [0.15, 0.2) is 0 Å². The van der Waals surface area contributed by atoms with Crippen LogP contribution in [-0.4, -0.2) is 11.5 Å². The maximum atomic E-state index is 10.8. The molecule has 1 aromatic rings. The first kappa shape index (κ1) is 13.2. The quantitative estimate of drug-likeness (QED) is 0.508. The van der Waals surface area contributed by atoms with Gasteiger partial charge in [-0.1, -0.05) is 13.8 Å². The van der Waals surface area contributed by atoms with E-state index in [1.807, 2.05) is 6.07 Å². The molecule has 0 bridgehead atoms. The number of hydrogen-bond donors (Lipinski definition) is 1. The fourth-order valence-electron chi connectivity index (χ4n) is 1.30. The zero-order chi connectivity index (χ0) is 12.1. The predicted octanol–water partition coefficient (Wildman–Crippen LogP) is 3.66. The molecule has 0 atom stereocenters. The molecule has 0 amide bonds. The number of rotatable bonds is 5. The van der Waals surface area contributed by atoms with Crippen LogP contribution in [-0.2, 0) is 0 Å². The fourth-order valence-corrected chi connectivity index (χ4v) is 1.78. The minimum Gasteiger partial charge on any atom is -0.379 e. The van der Waals surface area contributed by atoms with E-state index >= 15 is 0 Å². The number of nitro benzene ring substituents is 1. The van der Waals surface area contributed by atoms with Crippen molar-refractivity contribution in [1.29, 1.82) is 0 Å². The first-order chi connectivity index (χ1) is 7.50. The van der Waals surface area contributed by atoms with E-state index in [1.54, 1.807) is 12.1 Å². The second kappa shape index (κ2) is 6.03. The van der Waals surface area contributed by atoms with Gasteiger partial charge in [0, 0.05) is 16.2 Å². The molecule has 0 aromatic heterocycles. The van der Waals surface area contributed by atoms with E-state index in [-0.39, 0.29) is 10.6 Å². The Hall–Kier alpha value is -0.850. The molecular weight excluding hydrogens is 319 g/mol. The summed E-state index contributed by atoms with van der Waals surface area (Å²) < 4.78 is 0.874. The third-order valence-electron chi connectivity index (χ3n) is 2.19. The Kier molecular flexibility index (Phi) is 4.98. The highest BCUT2D eigenvalue weighted by molar-refractivity contribution is 14.1. The average molecular weight is 334 g/mol. The summed E-state index contributed by atoms with van der Waals surface area (Å²) in [6.45, 7) is 5.02. The first-order valence-corrected chi connectivity index (χ1v) is 6.26. The van der Waals surface area contributed by atoms with Crippen LogP contribution in [0.4, 0.5) is 11.4 Å². The van der Waals surface area contributed by atoms with Crippen LogP contribution >= 0.6 is 22.6 Å². The largest absolute Gasteiger partial charge is 0.379 e. The Morgan fingerprint density at radius 2 is 2.19 bits per heavy atom. The maximum absolute atomic E-state index is 10.8. The van der Waals surface area contributed by atoms with Gasteiger partial charge in [0.25, 0.3) is 5.69 Å². The first-order valence-electron chi connectivity index (χ1n) is 5.18. The minimum atomic E-state index is -0.347. The molecule has 1 aromatic carbocycles. The molecule has 0 heterocycles. The molecule has 0 spiro atoms. The number of nitro groups is 1. The SMILES string of the molecule is CC(C)CCNc1ccc(I)cc1[N+](=O)[O-]. The van der Waals surface area contributed by atoms with Crippen LogP contribution < -0.4 is 5.32 Å². The summed E-state index contributed by atoms with van der Waals surface area (Å²) in [5, 5.41) is 13.9. The predicted molar refractivity (Wildman–Crippen MR) is 73.8 cm³/mol. The molecule has 1 N–H and O–H groups in total. The molecule has 0 aliphatic carbocycles. The van der Waals surface area contributed by atoms with Gasteiger partial charge < -0.3 is 5.32 Å². The van der Waals surface area contributed by atoms with Gasteiger partial charge in [-0.05, 0) is 47.1 Å². The van der Waals surface area contributed by atoms with Crippen LogP contribution in [0.15, 0.2) is 18.2 Å². The second-order valence-corrected chi connectivity index (χ2v) is 5.27. The van der Waals surface area contributed by atoms with Crippen molar-refractivity contribution in [3.63, 3.8) is 0 Å². The van der Waals surface area contributed by atoms with Crippen LogP contribution in [0.5, 0.6) is 0 Å². The smallest absolute Gasteiger partial charge is 0.293 e. The lowest BCUT2D eigenvalue weighted by Gasteiger charge is -2.08. The van der Waals surface area contributed by atoms with Crippen molar-refractivity contribution >= 4 is 34.0 Å². The lowest BCUT2D eigenvalue weighted by molar-refractivity contribution is -0.384. The Morgan fingerprint density at radius 3 is 2.75 bits per heavy atom. The van der Waals surface area contributed by atoms with Gasteiger partial charge in [-0.25, -0.2) is 0 Å². The number of halogens is 1. The Bertz CT molecular complexity index is 380. The molecule has 1 rings (SSSR count). The molecule has 0 aliphatic heterocycles. The Labute approximate surface area is 109 Å². The Morgan fingerprint density at radius 1 is 1.50 bits per heavy atom. The molecule has 16 heavy (non-hydrogen) atoms. The average Bonchev–Trinajstić information content (AvgIpc) is 2.19. The molecule has 0 saturated heterocycles. The van der Waals surface area contributed by atoms with E-state index < -0.39 is 0 Å². The number of anilines is 1. The van der Waals surface area contributed by atoms with Crippen molar-refractivity contribution in [3.8, 4) is 0 Å². The topological polar surface area (TPSA) is 55.2 Å². The van der Waals surface area contributed by atoms with Crippen molar-refractivity contribution in [2.24, 2.45) is 5.92 Å². The standard InChI is InChI=1S/C11H15IN2O2/c1-8(2)5-6-13-10-4-3-9(12)7-11(10)14(15)16/h3-4,7-8,13H,5-6H2,1-2H3. The van der Waals surface area contributed by atoms with E-state index in [4.69, 9.17) is 0 Å². The minimum absolute atomic E-state index is 0.149. The zero-order valence-corrected chi connectivity index (χ0v) is 11.5. The fraction of sp³-hybridized carbons (Fsp3) is 0.455. The zero-order valence-electron chi connectivity index (χ0n) is 9.37. The molecule has 0 saturated carbocycles. The van der Waals surface area contributed by atoms with Gasteiger partial charge in [0.2, 0.25) is 0 Å². The van der Waals surface area contributed by atoms with E-state index in [0.29, 0.717) is 11.6 Å². The highest BCUT2D eigenvalue weighted by atomic mass is 127. The lowest BCUT2D eigenvalue weighted by atomic mass is 10.1. The van der Waals surface area contributed by atoms with Crippen molar-refractivity contribution in [2.75, 3.05) is 11.9 Å². The van der Waals surface area contributed by atoms with E-state index in [9.17, 15) is 10.1 Å². The summed E-state index contributed by atoms with van der Waals surface area (Å²) in [7, 11) is 0. The molecule has 88 valence electrons. The summed E-state index contributed by atoms with van der Waals surface area (Å²) in [5.41, 5.74) is 0.752. The van der Waals surface area contributed by atoms with Crippen molar-refractivity contribution in [2.45, 2.75) is 20.3 Å². The monoisotopic (exact) mass is 334 g/mol. The van der Waals surface area contributed by atoms with Gasteiger partial charge in [0.1, 0.15) is 5.69 Å². The molecule has 4 nitrogen and oxygen atoms in total. The number of hydrogen-bond acceptors (Lipinski definition) is 3. The van der Waals surface area contributed by atoms with Crippen LogP contribution in [0.1, 0.15) is 20.3 Å². The summed E-state index contributed by atoms with van der Waals surface area (Å²) in [6, 6.07) is 5.21. The van der Waals surface area contributed by atoms with Gasteiger partial charge >= 0.3 is 0 Å². The van der Waals surface area contributed by atoms with Gasteiger partial charge in [-0.3, -0.25) is 10.1 Å². The molecular formula is C11H15IN2O2. The van der Waals surface area contributed by atoms with E-state index in [1.165, 1.54) is 0 Å². The van der Waals surface area contributed by atoms with Crippen molar-refractivity contribution < 1.29 is 4.92 Å². The highest BCUT2D eigenvalue weighted by Gasteiger charge is 2.13. The summed E-state index contributed by atoms with van der Waals surface area (Å²) in [6.07, 6.45) is 1.00. The second-order valence-electron chi connectivity index (χ2n) is 4.03. The third-order valence-corrected chi connectivity index (χ3v) is 2.86. The van der Waals surface area contributed by atoms with Gasteiger partial charge in [-0.2, -0.15) is 0 Å². The summed E-state index contributed by atoms with van der Waals surface area (Å²) in [5.74, 6) is 0.593. The summed E-state index contributed by atoms with van der Waals surface area (Å²) in [4.78, 5) is 10.5. The number of nitrogens with one attached hydrogen (secondary N) is 1. The van der Waals surface area contributed by atoms with Crippen LogP contribution in [0, 0.1) is 19.6 Å².